The maximum absolute atomic E-state index is 12.1. The molecule has 2 aromatic rings. The summed E-state index contributed by atoms with van der Waals surface area (Å²) in [6, 6.07) is 8.18. The summed E-state index contributed by atoms with van der Waals surface area (Å²) >= 11 is 5.96. The van der Waals surface area contributed by atoms with Crippen molar-refractivity contribution in [2.24, 2.45) is 4.99 Å². The molecule has 22 heavy (non-hydrogen) atoms. The number of aromatic nitrogens is 2. The summed E-state index contributed by atoms with van der Waals surface area (Å²) in [5.41, 5.74) is 1.60. The van der Waals surface area contributed by atoms with Crippen LogP contribution >= 0.6 is 11.6 Å². The summed E-state index contributed by atoms with van der Waals surface area (Å²) < 4.78 is 0. The first kappa shape index (κ1) is 15.8. The van der Waals surface area contributed by atoms with Gasteiger partial charge in [-0.05, 0) is 18.2 Å². The number of carbonyl (C=O) groups is 1. The minimum atomic E-state index is -0.568. The van der Waals surface area contributed by atoms with E-state index in [2.05, 4.69) is 20.3 Å². The van der Waals surface area contributed by atoms with Gasteiger partial charge in [-0.25, -0.2) is 9.97 Å². The molecule has 0 saturated carbocycles. The zero-order valence-corrected chi connectivity index (χ0v) is 12.6. The van der Waals surface area contributed by atoms with Gasteiger partial charge < -0.3 is 10.7 Å². The lowest BCUT2D eigenvalue weighted by atomic mass is 10.1. The first-order valence-corrected chi connectivity index (χ1v) is 6.83. The minimum Gasteiger partial charge on any atom is -0.338 e. The van der Waals surface area contributed by atoms with Crippen molar-refractivity contribution in [3.05, 3.63) is 47.4 Å². The standard InChI is InChI=1S/C15H14ClN5O/c1-18-8-12(7-17)21-15(22)14-6-13(19-9-20-14)10-3-2-4-11(16)5-10/h2-9,12,17H,1H3,(H,21,22). The number of amides is 1. The lowest BCUT2D eigenvalue weighted by molar-refractivity contribution is 0.0949. The Hall–Kier alpha value is -2.60. The summed E-state index contributed by atoms with van der Waals surface area (Å²) in [6.07, 6.45) is 3.87. The van der Waals surface area contributed by atoms with E-state index in [-0.39, 0.29) is 5.69 Å². The van der Waals surface area contributed by atoms with Gasteiger partial charge in [0.15, 0.2) is 0 Å². The molecule has 0 saturated heterocycles. The van der Waals surface area contributed by atoms with Gasteiger partial charge in [0.1, 0.15) is 12.0 Å². The van der Waals surface area contributed by atoms with Crippen LogP contribution in [0.2, 0.25) is 5.02 Å². The second-order valence-corrected chi connectivity index (χ2v) is 4.81. The molecule has 7 heteroatoms. The van der Waals surface area contributed by atoms with Gasteiger partial charge in [0, 0.05) is 30.1 Å². The molecule has 2 rings (SSSR count). The van der Waals surface area contributed by atoms with E-state index in [9.17, 15) is 4.79 Å². The van der Waals surface area contributed by atoms with Crippen molar-refractivity contribution in [1.29, 1.82) is 5.41 Å². The maximum Gasteiger partial charge on any atom is 0.270 e. The molecule has 1 aromatic carbocycles. The Labute approximate surface area is 132 Å². The van der Waals surface area contributed by atoms with Crippen LogP contribution in [0, 0.1) is 5.41 Å². The summed E-state index contributed by atoms with van der Waals surface area (Å²) in [4.78, 5) is 24.0. The fourth-order valence-electron chi connectivity index (χ4n) is 1.80. The average molecular weight is 316 g/mol. The second-order valence-electron chi connectivity index (χ2n) is 4.37. The highest BCUT2D eigenvalue weighted by molar-refractivity contribution is 6.30. The molecule has 1 atom stereocenters. The molecule has 0 aliphatic rings. The van der Waals surface area contributed by atoms with Crippen molar-refractivity contribution >= 4 is 29.9 Å². The average Bonchev–Trinajstić information content (AvgIpc) is 2.54. The molecule has 1 amide bonds. The Morgan fingerprint density at radius 2 is 2.23 bits per heavy atom. The van der Waals surface area contributed by atoms with E-state index in [0.717, 1.165) is 11.8 Å². The van der Waals surface area contributed by atoms with Gasteiger partial charge in [0.05, 0.1) is 11.7 Å². The molecule has 1 aromatic heterocycles. The third-order valence-electron chi connectivity index (χ3n) is 2.81. The lowest BCUT2D eigenvalue weighted by Gasteiger charge is -2.09. The molecule has 6 nitrogen and oxygen atoms in total. The van der Waals surface area contributed by atoms with E-state index in [1.165, 1.54) is 12.5 Å². The zero-order chi connectivity index (χ0) is 15.9. The van der Waals surface area contributed by atoms with Crippen LogP contribution in [0.5, 0.6) is 0 Å². The Balaban J connectivity index is 2.24. The van der Waals surface area contributed by atoms with E-state index in [1.54, 1.807) is 25.2 Å². The Bertz CT molecular complexity index is 717. The predicted octanol–water partition coefficient (Wildman–Crippen LogP) is 2.25. The Morgan fingerprint density at radius 3 is 2.91 bits per heavy atom. The van der Waals surface area contributed by atoms with Crippen LogP contribution in [0.15, 0.2) is 41.7 Å². The SMILES string of the molecule is CN=CC(C=N)NC(=O)c1cc(-c2cccc(Cl)c2)ncn1. The summed E-state index contributed by atoms with van der Waals surface area (Å²) in [6.45, 7) is 0. The lowest BCUT2D eigenvalue weighted by Crippen LogP contribution is -2.37. The van der Waals surface area contributed by atoms with Crippen LogP contribution in [0.1, 0.15) is 10.5 Å². The van der Waals surface area contributed by atoms with Gasteiger partial charge in [-0.3, -0.25) is 9.79 Å². The molecule has 0 fully saturated rings. The van der Waals surface area contributed by atoms with Gasteiger partial charge in [-0.1, -0.05) is 23.7 Å². The number of carbonyl (C=O) groups excluding carboxylic acids is 1. The molecule has 0 aliphatic heterocycles. The van der Waals surface area contributed by atoms with Gasteiger partial charge in [-0.2, -0.15) is 0 Å². The topological polar surface area (TPSA) is 91.1 Å². The highest BCUT2D eigenvalue weighted by Gasteiger charge is 2.13. The first-order chi connectivity index (χ1) is 10.6. The van der Waals surface area contributed by atoms with Crippen LogP contribution < -0.4 is 5.32 Å². The van der Waals surface area contributed by atoms with Gasteiger partial charge in [-0.15, -0.1) is 0 Å². The molecule has 0 aliphatic carbocycles. The summed E-state index contributed by atoms with van der Waals surface area (Å²) in [5, 5.41) is 10.5. The monoisotopic (exact) mass is 315 g/mol. The van der Waals surface area contributed by atoms with Gasteiger partial charge >= 0.3 is 0 Å². The van der Waals surface area contributed by atoms with Crippen molar-refractivity contribution in [3.63, 3.8) is 0 Å². The van der Waals surface area contributed by atoms with Crippen LogP contribution in [-0.2, 0) is 0 Å². The van der Waals surface area contributed by atoms with Crippen LogP contribution in [-0.4, -0.2) is 41.4 Å². The highest BCUT2D eigenvalue weighted by Crippen LogP contribution is 2.20. The molecule has 1 heterocycles. The van der Waals surface area contributed by atoms with E-state index in [4.69, 9.17) is 17.0 Å². The zero-order valence-electron chi connectivity index (χ0n) is 11.8. The fraction of sp³-hybridized carbons (Fsp3) is 0.133. The normalized spacial score (nSPS) is 12.1. The molecule has 112 valence electrons. The molecule has 1 unspecified atom stereocenters. The van der Waals surface area contributed by atoms with Crippen molar-refractivity contribution in [1.82, 2.24) is 15.3 Å². The third kappa shape index (κ3) is 3.95. The maximum atomic E-state index is 12.1. The van der Waals surface area contributed by atoms with E-state index >= 15 is 0 Å². The number of benzene rings is 1. The number of nitrogens with zero attached hydrogens (tertiary/aromatic N) is 3. The largest absolute Gasteiger partial charge is 0.338 e. The number of hydrogen-bond donors (Lipinski definition) is 2. The Kier molecular flexibility index (Phi) is 5.32. The number of halogens is 1. The molecule has 2 N–H and O–H groups in total. The molecule has 0 radical (unpaired) electrons. The van der Waals surface area contributed by atoms with Crippen LogP contribution in [0.25, 0.3) is 11.3 Å². The van der Waals surface area contributed by atoms with Gasteiger partial charge in [0.2, 0.25) is 0 Å². The van der Waals surface area contributed by atoms with E-state index < -0.39 is 11.9 Å². The quantitative estimate of drug-likeness (QED) is 0.829. The van der Waals surface area contributed by atoms with Crippen molar-refractivity contribution in [2.75, 3.05) is 7.05 Å². The van der Waals surface area contributed by atoms with E-state index in [0.29, 0.717) is 10.7 Å². The second kappa shape index (κ2) is 7.42. The molecule has 0 spiro atoms. The van der Waals surface area contributed by atoms with Crippen LogP contribution in [0.3, 0.4) is 0 Å². The van der Waals surface area contributed by atoms with Crippen molar-refractivity contribution in [3.8, 4) is 11.3 Å². The number of aliphatic imine (C=N–C) groups is 1. The number of hydrogen-bond acceptors (Lipinski definition) is 5. The Morgan fingerprint density at radius 1 is 1.41 bits per heavy atom. The fourth-order valence-corrected chi connectivity index (χ4v) is 1.99. The number of nitrogens with one attached hydrogen (secondary N) is 2. The van der Waals surface area contributed by atoms with E-state index in [1.807, 2.05) is 12.1 Å². The summed E-state index contributed by atoms with van der Waals surface area (Å²) in [5.74, 6) is -0.404. The molecular weight excluding hydrogens is 302 g/mol. The van der Waals surface area contributed by atoms with Crippen molar-refractivity contribution in [2.45, 2.75) is 6.04 Å². The smallest absolute Gasteiger partial charge is 0.270 e. The first-order valence-electron chi connectivity index (χ1n) is 6.45. The van der Waals surface area contributed by atoms with Gasteiger partial charge in [0.25, 0.3) is 5.91 Å². The molecule has 0 bridgehead atoms. The molecular formula is C15H14ClN5O. The highest BCUT2D eigenvalue weighted by atomic mass is 35.5. The number of rotatable bonds is 5. The van der Waals surface area contributed by atoms with Crippen LogP contribution in [0.4, 0.5) is 0 Å². The van der Waals surface area contributed by atoms with Crippen molar-refractivity contribution < 1.29 is 4.79 Å². The predicted molar refractivity (Wildman–Crippen MR) is 86.9 cm³/mol. The third-order valence-corrected chi connectivity index (χ3v) is 3.04. The summed E-state index contributed by atoms with van der Waals surface area (Å²) in [7, 11) is 1.57. The minimum absolute atomic E-state index is 0.210.